The van der Waals surface area contributed by atoms with Crippen LogP contribution in [0, 0.1) is 0 Å². The van der Waals surface area contributed by atoms with Crippen LogP contribution in [0.15, 0.2) is 28.7 Å². The highest BCUT2D eigenvalue weighted by atomic mass is 79.9. The lowest BCUT2D eigenvalue weighted by Crippen LogP contribution is -2.59. The Morgan fingerprint density at radius 1 is 1.19 bits per heavy atom. The van der Waals surface area contributed by atoms with Crippen molar-refractivity contribution in [1.82, 2.24) is 10.2 Å². The molecule has 0 saturated heterocycles. The second-order valence-corrected chi connectivity index (χ2v) is 7.50. The molecule has 0 radical (unpaired) electrons. The number of nitrogens with one attached hydrogen (secondary N) is 1. The fourth-order valence-corrected chi connectivity index (χ4v) is 4.36. The maximum Gasteiger partial charge on any atom is 0.0359 e. The normalized spacial score (nSPS) is 20.2. The number of likely N-dealkylation sites (N-methyl/N-ethyl adjacent to an activating group) is 2. The van der Waals surface area contributed by atoms with Gasteiger partial charge in [-0.05, 0) is 58.1 Å². The highest BCUT2D eigenvalue weighted by molar-refractivity contribution is 9.10. The number of halogens is 1. The van der Waals surface area contributed by atoms with Crippen molar-refractivity contribution >= 4 is 15.9 Å². The predicted molar refractivity (Wildman–Crippen MR) is 94.8 cm³/mol. The molecule has 118 valence electrons. The van der Waals surface area contributed by atoms with E-state index >= 15 is 0 Å². The minimum Gasteiger partial charge on any atom is -0.315 e. The van der Waals surface area contributed by atoms with E-state index in [2.05, 4.69) is 71.6 Å². The third-order valence-corrected chi connectivity index (χ3v) is 5.68. The molecule has 1 atom stereocenters. The molecule has 0 aliphatic heterocycles. The number of benzene rings is 1. The van der Waals surface area contributed by atoms with Crippen LogP contribution in [0.4, 0.5) is 0 Å². The maximum atomic E-state index is 3.63. The first-order valence-corrected chi connectivity index (χ1v) is 8.97. The first-order chi connectivity index (χ1) is 10.1. The van der Waals surface area contributed by atoms with Crippen LogP contribution in [-0.2, 0) is 6.42 Å². The summed E-state index contributed by atoms with van der Waals surface area (Å²) in [5.74, 6) is 0. The quantitative estimate of drug-likeness (QED) is 0.797. The molecule has 1 aromatic rings. The Labute approximate surface area is 138 Å². The summed E-state index contributed by atoms with van der Waals surface area (Å²) < 4.78 is 1.18. The summed E-state index contributed by atoms with van der Waals surface area (Å²) in [4.78, 5) is 2.48. The molecule has 3 heteroatoms. The monoisotopic (exact) mass is 352 g/mol. The zero-order valence-electron chi connectivity index (χ0n) is 13.7. The van der Waals surface area contributed by atoms with Crippen LogP contribution in [0.3, 0.4) is 0 Å². The van der Waals surface area contributed by atoms with Crippen molar-refractivity contribution in [3.63, 3.8) is 0 Å². The molecule has 0 bridgehead atoms. The summed E-state index contributed by atoms with van der Waals surface area (Å²) in [7, 11) is 6.64. The predicted octanol–water partition coefficient (Wildman–Crippen LogP) is 4.23. The molecule has 1 unspecified atom stereocenters. The molecule has 1 N–H and O–H groups in total. The molecule has 1 aliphatic carbocycles. The fourth-order valence-electron chi connectivity index (χ4n) is 3.91. The highest BCUT2D eigenvalue weighted by Gasteiger charge is 2.40. The van der Waals surface area contributed by atoms with Gasteiger partial charge in [-0.3, -0.25) is 0 Å². The van der Waals surface area contributed by atoms with Crippen LogP contribution >= 0.6 is 15.9 Å². The van der Waals surface area contributed by atoms with E-state index in [4.69, 9.17) is 0 Å². The number of hydrogen-bond acceptors (Lipinski definition) is 2. The van der Waals surface area contributed by atoms with Gasteiger partial charge in [-0.15, -0.1) is 0 Å². The van der Waals surface area contributed by atoms with Crippen LogP contribution in [0.5, 0.6) is 0 Å². The largest absolute Gasteiger partial charge is 0.315 e. The molecular formula is C18H29BrN2. The van der Waals surface area contributed by atoms with Crippen molar-refractivity contribution in [2.45, 2.75) is 56.5 Å². The Bertz CT molecular complexity index is 437. The Balaban J connectivity index is 2.23. The van der Waals surface area contributed by atoms with E-state index < -0.39 is 0 Å². The molecule has 1 aromatic carbocycles. The van der Waals surface area contributed by atoms with E-state index in [0.29, 0.717) is 6.04 Å². The number of hydrogen-bond donors (Lipinski definition) is 1. The molecule has 21 heavy (non-hydrogen) atoms. The van der Waals surface area contributed by atoms with Gasteiger partial charge in [0.25, 0.3) is 0 Å². The van der Waals surface area contributed by atoms with Crippen LogP contribution in [-0.4, -0.2) is 37.6 Å². The van der Waals surface area contributed by atoms with Crippen molar-refractivity contribution in [3.8, 4) is 0 Å². The first-order valence-electron chi connectivity index (χ1n) is 8.17. The van der Waals surface area contributed by atoms with Gasteiger partial charge in [-0.25, -0.2) is 0 Å². The smallest absolute Gasteiger partial charge is 0.0359 e. The van der Waals surface area contributed by atoms with E-state index in [-0.39, 0.29) is 5.54 Å². The third-order valence-electron chi connectivity index (χ3n) is 5.19. The van der Waals surface area contributed by atoms with Gasteiger partial charge in [0.15, 0.2) is 0 Å². The Hall–Kier alpha value is -0.380. The summed E-state index contributed by atoms with van der Waals surface area (Å²) >= 11 is 3.59. The molecular weight excluding hydrogens is 324 g/mol. The van der Waals surface area contributed by atoms with Crippen LogP contribution in [0.1, 0.15) is 44.1 Å². The average Bonchev–Trinajstić information content (AvgIpc) is 2.71. The second kappa shape index (κ2) is 7.75. The van der Waals surface area contributed by atoms with Crippen molar-refractivity contribution in [2.75, 3.05) is 21.1 Å². The average molecular weight is 353 g/mol. The molecule has 1 saturated carbocycles. The van der Waals surface area contributed by atoms with E-state index in [9.17, 15) is 0 Å². The van der Waals surface area contributed by atoms with Gasteiger partial charge < -0.3 is 10.2 Å². The number of rotatable bonds is 5. The van der Waals surface area contributed by atoms with Crippen molar-refractivity contribution in [3.05, 3.63) is 34.3 Å². The molecule has 0 aromatic heterocycles. The topological polar surface area (TPSA) is 15.3 Å². The molecule has 0 spiro atoms. The van der Waals surface area contributed by atoms with Gasteiger partial charge in [-0.2, -0.15) is 0 Å². The summed E-state index contributed by atoms with van der Waals surface area (Å²) in [6, 6.07) is 9.24. The Morgan fingerprint density at radius 3 is 2.38 bits per heavy atom. The van der Waals surface area contributed by atoms with Crippen LogP contribution in [0.25, 0.3) is 0 Å². The van der Waals surface area contributed by atoms with Crippen molar-refractivity contribution in [1.29, 1.82) is 0 Å². The van der Waals surface area contributed by atoms with Crippen LogP contribution < -0.4 is 5.32 Å². The Morgan fingerprint density at radius 2 is 1.86 bits per heavy atom. The number of nitrogens with zero attached hydrogens (tertiary/aromatic N) is 1. The van der Waals surface area contributed by atoms with Gasteiger partial charge in [-0.1, -0.05) is 53.7 Å². The van der Waals surface area contributed by atoms with Gasteiger partial charge in [0, 0.05) is 16.1 Å². The minimum absolute atomic E-state index is 0.285. The molecule has 2 nitrogen and oxygen atoms in total. The van der Waals surface area contributed by atoms with Crippen molar-refractivity contribution in [2.24, 2.45) is 0 Å². The lowest BCUT2D eigenvalue weighted by atomic mass is 9.78. The molecule has 1 fully saturated rings. The molecule has 0 heterocycles. The standard InChI is InChI=1S/C18H29BrN2/c1-20-17(14-15-9-8-10-16(19)13-15)18(21(2)3)11-6-4-5-7-12-18/h8-10,13,17,20H,4-7,11-12,14H2,1-3H3. The third kappa shape index (κ3) is 4.08. The first kappa shape index (κ1) is 17.0. The lowest BCUT2D eigenvalue weighted by molar-refractivity contribution is 0.0835. The minimum atomic E-state index is 0.285. The lowest BCUT2D eigenvalue weighted by Gasteiger charge is -2.46. The second-order valence-electron chi connectivity index (χ2n) is 6.59. The van der Waals surface area contributed by atoms with E-state index in [1.807, 2.05) is 0 Å². The molecule has 2 rings (SSSR count). The van der Waals surface area contributed by atoms with E-state index in [0.717, 1.165) is 6.42 Å². The summed E-state index contributed by atoms with van der Waals surface area (Å²) in [6.07, 6.45) is 9.20. The van der Waals surface area contributed by atoms with Gasteiger partial charge >= 0.3 is 0 Å². The fraction of sp³-hybridized carbons (Fsp3) is 0.667. The zero-order chi connectivity index (χ0) is 15.3. The van der Waals surface area contributed by atoms with Crippen LogP contribution in [0.2, 0.25) is 0 Å². The maximum absolute atomic E-state index is 3.63. The summed E-state index contributed by atoms with van der Waals surface area (Å²) in [6.45, 7) is 0. The van der Waals surface area contributed by atoms with Gasteiger partial charge in [0.2, 0.25) is 0 Å². The Kier molecular flexibility index (Phi) is 6.27. The van der Waals surface area contributed by atoms with E-state index in [1.165, 1.54) is 48.6 Å². The van der Waals surface area contributed by atoms with Crippen molar-refractivity contribution < 1.29 is 0 Å². The molecule has 1 aliphatic rings. The summed E-state index contributed by atoms with van der Waals surface area (Å²) in [5.41, 5.74) is 1.70. The zero-order valence-corrected chi connectivity index (χ0v) is 15.2. The highest BCUT2D eigenvalue weighted by Crippen LogP contribution is 2.35. The van der Waals surface area contributed by atoms with Gasteiger partial charge in [0.05, 0.1) is 0 Å². The van der Waals surface area contributed by atoms with Gasteiger partial charge in [0.1, 0.15) is 0 Å². The van der Waals surface area contributed by atoms with E-state index in [1.54, 1.807) is 0 Å². The summed E-state index contributed by atoms with van der Waals surface area (Å²) in [5, 5.41) is 3.63. The molecule has 0 amide bonds. The SMILES string of the molecule is CNC(Cc1cccc(Br)c1)C1(N(C)C)CCCCCC1.